The first-order valence-corrected chi connectivity index (χ1v) is 9.13. The lowest BCUT2D eigenvalue weighted by Crippen LogP contribution is -2.48. The molecule has 0 saturated carbocycles. The second-order valence-corrected chi connectivity index (χ2v) is 6.24. The van der Waals surface area contributed by atoms with Gasteiger partial charge in [-0.25, -0.2) is 4.79 Å². The van der Waals surface area contributed by atoms with E-state index < -0.39 is 36.2 Å². The van der Waals surface area contributed by atoms with Crippen LogP contribution in [0.25, 0.3) is 0 Å². The molecule has 0 aliphatic carbocycles. The number of nitrogens with one attached hydrogen (secondary N) is 2. The van der Waals surface area contributed by atoms with Gasteiger partial charge in [0.05, 0.1) is 51.7 Å². The van der Waals surface area contributed by atoms with Crippen molar-refractivity contribution in [3.63, 3.8) is 0 Å². The highest BCUT2D eigenvalue weighted by Gasteiger charge is 2.18. The highest BCUT2D eigenvalue weighted by atomic mass is 16.5. The summed E-state index contributed by atoms with van der Waals surface area (Å²) in [6.45, 7) is -1.33. The van der Waals surface area contributed by atoms with E-state index in [9.17, 15) is 9.59 Å². The summed E-state index contributed by atoms with van der Waals surface area (Å²) in [5, 5.41) is 41.4. The third-order valence-electron chi connectivity index (χ3n) is 3.81. The number of carbonyl (C=O) groups is 2. The van der Waals surface area contributed by atoms with Crippen LogP contribution in [0.3, 0.4) is 0 Å². The summed E-state index contributed by atoms with van der Waals surface area (Å²) in [6, 6.07) is -1.85. The minimum atomic E-state index is -0.798. The predicted molar refractivity (Wildman–Crippen MR) is 99.2 cm³/mol. The van der Waals surface area contributed by atoms with Gasteiger partial charge >= 0.3 is 6.03 Å². The molecular formula is C16H34N4O8. The standard InChI is InChI=1S/C16H34N4O8/c17-14(15(18)25)3-1-2-4-19-16(26)20-11(9-27-12(5-21)6-22)10-28-13(7-23)8-24/h11-14,21-24H,1-10,17H2,(H2,18,25)(H2,19,20,26)/t14-/m1/s1. The first-order chi connectivity index (χ1) is 13.4. The number of rotatable bonds is 17. The van der Waals surface area contributed by atoms with Gasteiger partial charge in [-0.1, -0.05) is 0 Å². The van der Waals surface area contributed by atoms with E-state index in [2.05, 4.69) is 10.6 Å². The molecule has 0 spiro atoms. The zero-order valence-electron chi connectivity index (χ0n) is 16.0. The molecule has 0 fully saturated rings. The number of carbonyl (C=O) groups excluding carboxylic acids is 2. The summed E-state index contributed by atoms with van der Waals surface area (Å²) in [5.74, 6) is -0.568. The topological polar surface area (TPSA) is 210 Å². The third-order valence-corrected chi connectivity index (χ3v) is 3.81. The predicted octanol–water partition coefficient (Wildman–Crippen LogP) is -3.62. The molecule has 0 rings (SSSR count). The van der Waals surface area contributed by atoms with Crippen molar-refractivity contribution in [3.05, 3.63) is 0 Å². The summed E-state index contributed by atoms with van der Waals surface area (Å²) in [4.78, 5) is 22.8. The molecule has 3 amide bonds. The molecule has 0 aliphatic heterocycles. The average Bonchev–Trinajstić information content (AvgIpc) is 2.68. The number of aliphatic hydroxyl groups excluding tert-OH is 4. The van der Waals surface area contributed by atoms with Gasteiger partial charge in [-0.15, -0.1) is 0 Å². The largest absolute Gasteiger partial charge is 0.394 e. The van der Waals surface area contributed by atoms with Crippen molar-refractivity contribution in [2.45, 2.75) is 43.6 Å². The van der Waals surface area contributed by atoms with Crippen LogP contribution in [0, 0.1) is 0 Å². The number of hydrogen-bond acceptors (Lipinski definition) is 9. The Balaban J connectivity index is 4.33. The Bertz CT molecular complexity index is 405. The number of aliphatic hydroxyl groups is 4. The smallest absolute Gasteiger partial charge is 0.315 e. The molecule has 0 aromatic carbocycles. The summed E-state index contributed by atoms with van der Waals surface area (Å²) in [5.41, 5.74) is 10.6. The fourth-order valence-corrected chi connectivity index (χ4v) is 2.03. The van der Waals surface area contributed by atoms with E-state index in [1.807, 2.05) is 0 Å². The molecule has 12 nitrogen and oxygen atoms in total. The van der Waals surface area contributed by atoms with Crippen LogP contribution in [0.1, 0.15) is 19.3 Å². The summed E-state index contributed by atoms with van der Waals surface area (Å²) < 4.78 is 10.6. The van der Waals surface area contributed by atoms with Crippen LogP contribution >= 0.6 is 0 Å². The van der Waals surface area contributed by atoms with Gasteiger partial charge in [-0.2, -0.15) is 0 Å². The second kappa shape index (κ2) is 16.4. The quantitative estimate of drug-likeness (QED) is 0.111. The molecular weight excluding hydrogens is 376 g/mol. The maximum Gasteiger partial charge on any atom is 0.315 e. The Morgan fingerprint density at radius 2 is 1.39 bits per heavy atom. The molecule has 0 heterocycles. The van der Waals surface area contributed by atoms with E-state index in [0.717, 1.165) is 0 Å². The van der Waals surface area contributed by atoms with Gasteiger partial charge in [-0.3, -0.25) is 4.79 Å². The second-order valence-electron chi connectivity index (χ2n) is 6.24. The number of urea groups is 1. The molecule has 0 bridgehead atoms. The Morgan fingerprint density at radius 1 is 0.893 bits per heavy atom. The average molecular weight is 410 g/mol. The monoisotopic (exact) mass is 410 g/mol. The number of hydrogen-bond donors (Lipinski definition) is 8. The molecule has 166 valence electrons. The lowest BCUT2D eigenvalue weighted by atomic mass is 10.1. The number of nitrogens with two attached hydrogens (primary N) is 2. The van der Waals surface area contributed by atoms with Crippen molar-refractivity contribution in [2.24, 2.45) is 11.5 Å². The molecule has 0 unspecified atom stereocenters. The van der Waals surface area contributed by atoms with Crippen LogP contribution in [0.2, 0.25) is 0 Å². The number of unbranched alkanes of at least 4 members (excludes halogenated alkanes) is 1. The zero-order valence-corrected chi connectivity index (χ0v) is 16.0. The molecule has 0 radical (unpaired) electrons. The van der Waals surface area contributed by atoms with Crippen molar-refractivity contribution in [2.75, 3.05) is 46.2 Å². The van der Waals surface area contributed by atoms with Crippen molar-refractivity contribution < 1.29 is 39.5 Å². The lowest BCUT2D eigenvalue weighted by Gasteiger charge is -2.23. The van der Waals surface area contributed by atoms with Crippen LogP contribution < -0.4 is 22.1 Å². The maximum absolute atomic E-state index is 12.0. The fraction of sp³-hybridized carbons (Fsp3) is 0.875. The van der Waals surface area contributed by atoms with Crippen LogP contribution in [0.15, 0.2) is 0 Å². The Hall–Kier alpha value is -1.54. The molecule has 28 heavy (non-hydrogen) atoms. The molecule has 0 aromatic rings. The Morgan fingerprint density at radius 3 is 1.82 bits per heavy atom. The normalized spacial score (nSPS) is 12.6. The van der Waals surface area contributed by atoms with E-state index in [1.54, 1.807) is 0 Å². The highest BCUT2D eigenvalue weighted by Crippen LogP contribution is 1.99. The van der Waals surface area contributed by atoms with Gasteiger partial charge in [0.25, 0.3) is 0 Å². The SMILES string of the molecule is NC(=O)[C@H](N)CCCCNC(=O)NC(COC(CO)CO)COC(CO)CO. The first-order valence-electron chi connectivity index (χ1n) is 9.13. The van der Waals surface area contributed by atoms with Crippen molar-refractivity contribution in [1.82, 2.24) is 10.6 Å². The van der Waals surface area contributed by atoms with Crippen LogP contribution in [-0.2, 0) is 14.3 Å². The van der Waals surface area contributed by atoms with E-state index in [1.165, 1.54) is 0 Å². The minimum Gasteiger partial charge on any atom is -0.394 e. The minimum absolute atomic E-state index is 0.0593. The van der Waals surface area contributed by atoms with Crippen LogP contribution in [0.5, 0.6) is 0 Å². The van der Waals surface area contributed by atoms with Crippen molar-refractivity contribution >= 4 is 11.9 Å². The fourth-order valence-electron chi connectivity index (χ4n) is 2.03. The summed E-state index contributed by atoms with van der Waals surface area (Å²) in [7, 11) is 0. The highest BCUT2D eigenvalue weighted by molar-refractivity contribution is 5.79. The Labute approximate surface area is 164 Å². The van der Waals surface area contributed by atoms with Gasteiger partial charge < -0.3 is 52.0 Å². The zero-order chi connectivity index (χ0) is 21.4. The molecule has 0 saturated heterocycles. The van der Waals surface area contributed by atoms with Crippen molar-refractivity contribution in [3.8, 4) is 0 Å². The van der Waals surface area contributed by atoms with Crippen LogP contribution in [-0.4, -0.2) is 103 Å². The molecule has 10 N–H and O–H groups in total. The molecule has 0 aliphatic rings. The summed E-state index contributed by atoms with van der Waals surface area (Å²) >= 11 is 0. The first kappa shape index (κ1) is 26.5. The number of ether oxygens (including phenoxy) is 2. The van der Waals surface area contributed by atoms with E-state index >= 15 is 0 Å². The van der Waals surface area contributed by atoms with Gasteiger partial charge in [0.15, 0.2) is 0 Å². The van der Waals surface area contributed by atoms with Gasteiger partial charge in [0.1, 0.15) is 12.2 Å². The van der Waals surface area contributed by atoms with Gasteiger partial charge in [0, 0.05) is 6.54 Å². The van der Waals surface area contributed by atoms with Crippen molar-refractivity contribution in [1.29, 1.82) is 0 Å². The van der Waals surface area contributed by atoms with E-state index in [-0.39, 0.29) is 39.6 Å². The lowest BCUT2D eigenvalue weighted by molar-refractivity contribution is -0.119. The van der Waals surface area contributed by atoms with E-state index in [0.29, 0.717) is 25.8 Å². The molecule has 0 aromatic heterocycles. The summed E-state index contributed by atoms with van der Waals surface area (Å²) in [6.07, 6.45) is 0.0432. The number of primary amides is 1. The third kappa shape index (κ3) is 12.8. The maximum atomic E-state index is 12.0. The number of amides is 3. The van der Waals surface area contributed by atoms with Gasteiger partial charge in [0.2, 0.25) is 5.91 Å². The molecule has 1 atom stereocenters. The van der Waals surface area contributed by atoms with Gasteiger partial charge in [-0.05, 0) is 19.3 Å². The van der Waals surface area contributed by atoms with E-state index in [4.69, 9.17) is 41.4 Å². The molecule has 12 heteroatoms. The Kier molecular flexibility index (Phi) is 15.5. The van der Waals surface area contributed by atoms with Crippen LogP contribution in [0.4, 0.5) is 4.79 Å².